The molecule has 0 aliphatic heterocycles. The van der Waals surface area contributed by atoms with Crippen LogP contribution in [0.15, 0.2) is 100 Å². The Labute approximate surface area is 188 Å². The first-order valence-corrected chi connectivity index (χ1v) is 10.2. The maximum absolute atomic E-state index is 13.2. The van der Waals surface area contributed by atoms with Gasteiger partial charge in [-0.25, -0.2) is 4.98 Å². The predicted octanol–water partition coefficient (Wildman–Crippen LogP) is 5.72. The minimum Gasteiger partial charge on any atom is -0.457 e. The van der Waals surface area contributed by atoms with Crippen LogP contribution in [0.1, 0.15) is 11.6 Å². The Kier molecular flexibility index (Phi) is 5.12. The molecule has 7 nitrogen and oxygen atoms in total. The number of fused-ring (bicyclic) bond motifs is 1. The number of hydrogen-bond acceptors (Lipinski definition) is 5. The molecule has 0 saturated carbocycles. The number of benzene rings is 3. The fourth-order valence-electron chi connectivity index (χ4n) is 3.62. The molecule has 0 spiro atoms. The molecule has 3 aromatic carbocycles. The molecule has 0 fully saturated rings. The van der Waals surface area contributed by atoms with Gasteiger partial charge in [-0.05, 0) is 48.6 Å². The highest BCUT2D eigenvalue weighted by molar-refractivity contribution is 5.80. The van der Waals surface area contributed by atoms with Gasteiger partial charge in [0.05, 0.1) is 21.5 Å². The van der Waals surface area contributed by atoms with Gasteiger partial charge in [0.15, 0.2) is 0 Å². The van der Waals surface area contributed by atoms with E-state index in [0.717, 1.165) is 0 Å². The second-order valence-electron chi connectivity index (χ2n) is 7.31. The topological polar surface area (TPSA) is 91.2 Å². The van der Waals surface area contributed by atoms with E-state index in [9.17, 15) is 14.9 Å². The van der Waals surface area contributed by atoms with Gasteiger partial charge in [-0.2, -0.15) is 0 Å². The van der Waals surface area contributed by atoms with Crippen LogP contribution >= 0.6 is 0 Å². The van der Waals surface area contributed by atoms with E-state index >= 15 is 0 Å². The molecule has 0 atom stereocenters. The quantitative estimate of drug-likeness (QED) is 0.260. The molecule has 2 heterocycles. The molecule has 160 valence electrons. The van der Waals surface area contributed by atoms with Crippen LogP contribution in [0.25, 0.3) is 40.1 Å². The number of non-ortho nitro benzene ring substituents is 1. The number of para-hydroxylation sites is 2. The van der Waals surface area contributed by atoms with Gasteiger partial charge in [-0.15, -0.1) is 0 Å². The maximum Gasteiger partial charge on any atom is 0.270 e. The van der Waals surface area contributed by atoms with E-state index in [2.05, 4.69) is 4.98 Å². The predicted molar refractivity (Wildman–Crippen MR) is 127 cm³/mol. The van der Waals surface area contributed by atoms with Crippen LogP contribution in [0, 0.1) is 10.1 Å². The molecule has 7 heteroatoms. The van der Waals surface area contributed by atoms with Crippen molar-refractivity contribution in [3.63, 3.8) is 0 Å². The second-order valence-corrected chi connectivity index (χ2v) is 7.31. The lowest BCUT2D eigenvalue weighted by Crippen LogP contribution is -2.22. The van der Waals surface area contributed by atoms with Gasteiger partial charge in [-0.1, -0.05) is 42.5 Å². The average Bonchev–Trinajstić information content (AvgIpc) is 3.33. The molecule has 0 saturated heterocycles. The molecule has 0 N–H and O–H groups in total. The zero-order chi connectivity index (χ0) is 22.8. The monoisotopic (exact) mass is 435 g/mol. The third kappa shape index (κ3) is 3.95. The van der Waals surface area contributed by atoms with Crippen molar-refractivity contribution in [2.75, 3.05) is 0 Å². The van der Waals surface area contributed by atoms with E-state index in [-0.39, 0.29) is 11.2 Å². The standard InChI is InChI=1S/C26H17N3O4/c30-26-22-11-4-5-12-23(22)27-25(28(26)19-8-2-1-3-9-19)16-14-21-13-15-24(33-21)18-7-6-10-20(17-18)29(31)32/h1-17H/b16-14+. The average molecular weight is 435 g/mol. The molecule has 33 heavy (non-hydrogen) atoms. The maximum atomic E-state index is 13.2. The Morgan fingerprint density at radius 1 is 0.879 bits per heavy atom. The summed E-state index contributed by atoms with van der Waals surface area (Å²) in [6.07, 6.45) is 3.44. The highest BCUT2D eigenvalue weighted by Crippen LogP contribution is 2.26. The lowest BCUT2D eigenvalue weighted by Gasteiger charge is -2.11. The minimum absolute atomic E-state index is 0.00626. The Morgan fingerprint density at radius 3 is 2.48 bits per heavy atom. The Morgan fingerprint density at radius 2 is 1.67 bits per heavy atom. The molecule has 0 amide bonds. The number of hydrogen-bond donors (Lipinski definition) is 0. The highest BCUT2D eigenvalue weighted by atomic mass is 16.6. The van der Waals surface area contributed by atoms with E-state index < -0.39 is 4.92 Å². The number of furan rings is 1. The van der Waals surface area contributed by atoms with E-state index in [1.54, 1.807) is 53.1 Å². The third-order valence-electron chi connectivity index (χ3n) is 5.18. The van der Waals surface area contributed by atoms with Crippen molar-refractivity contribution in [3.8, 4) is 17.0 Å². The van der Waals surface area contributed by atoms with Crippen LogP contribution in [-0.2, 0) is 0 Å². The van der Waals surface area contributed by atoms with Crippen molar-refractivity contribution in [3.05, 3.63) is 123 Å². The van der Waals surface area contributed by atoms with Gasteiger partial charge in [0.1, 0.15) is 17.3 Å². The van der Waals surface area contributed by atoms with Gasteiger partial charge in [0.2, 0.25) is 0 Å². The van der Waals surface area contributed by atoms with Gasteiger partial charge >= 0.3 is 0 Å². The summed E-state index contributed by atoms with van der Waals surface area (Å²) in [7, 11) is 0. The summed E-state index contributed by atoms with van der Waals surface area (Å²) in [6, 6.07) is 26.3. The van der Waals surface area contributed by atoms with Crippen LogP contribution < -0.4 is 5.56 Å². The molecule has 0 radical (unpaired) electrons. The van der Waals surface area contributed by atoms with Gasteiger partial charge in [-0.3, -0.25) is 19.5 Å². The van der Waals surface area contributed by atoms with Crippen molar-refractivity contribution in [2.45, 2.75) is 0 Å². The number of nitro groups is 1. The lowest BCUT2D eigenvalue weighted by atomic mass is 10.1. The molecule has 2 aromatic heterocycles. The molecule has 0 unspecified atom stereocenters. The Balaban J connectivity index is 1.56. The molecule has 5 aromatic rings. The molecular weight excluding hydrogens is 418 g/mol. The Hall–Kier alpha value is -4.78. The van der Waals surface area contributed by atoms with Crippen LogP contribution in [0.4, 0.5) is 5.69 Å². The zero-order valence-electron chi connectivity index (χ0n) is 17.3. The lowest BCUT2D eigenvalue weighted by molar-refractivity contribution is -0.384. The summed E-state index contributed by atoms with van der Waals surface area (Å²) in [4.78, 5) is 28.5. The summed E-state index contributed by atoms with van der Waals surface area (Å²) in [5, 5.41) is 11.6. The highest BCUT2D eigenvalue weighted by Gasteiger charge is 2.12. The van der Waals surface area contributed by atoms with E-state index in [1.165, 1.54) is 12.1 Å². The van der Waals surface area contributed by atoms with Crippen molar-refractivity contribution >= 4 is 28.7 Å². The second kappa shape index (κ2) is 8.39. The van der Waals surface area contributed by atoms with Crippen LogP contribution in [0.3, 0.4) is 0 Å². The molecular formula is C26H17N3O4. The first-order valence-electron chi connectivity index (χ1n) is 10.2. The number of aromatic nitrogens is 2. The van der Waals surface area contributed by atoms with Gasteiger partial charge in [0, 0.05) is 17.7 Å². The van der Waals surface area contributed by atoms with Crippen LogP contribution in [0.5, 0.6) is 0 Å². The first-order chi connectivity index (χ1) is 16.1. The van der Waals surface area contributed by atoms with E-state index in [4.69, 9.17) is 4.42 Å². The summed E-state index contributed by atoms with van der Waals surface area (Å²) in [5.41, 5.74) is 1.74. The summed E-state index contributed by atoms with van der Waals surface area (Å²) in [6.45, 7) is 0. The van der Waals surface area contributed by atoms with Crippen molar-refractivity contribution < 1.29 is 9.34 Å². The summed E-state index contributed by atoms with van der Waals surface area (Å²) < 4.78 is 7.42. The Bertz CT molecular complexity index is 1570. The number of nitro benzene ring substituents is 1. The number of rotatable bonds is 5. The summed E-state index contributed by atoms with van der Waals surface area (Å²) >= 11 is 0. The number of nitrogens with zero attached hydrogens (tertiary/aromatic N) is 3. The largest absolute Gasteiger partial charge is 0.457 e. The molecule has 5 rings (SSSR count). The minimum atomic E-state index is -0.443. The third-order valence-corrected chi connectivity index (χ3v) is 5.18. The van der Waals surface area contributed by atoms with E-state index in [1.807, 2.05) is 42.5 Å². The SMILES string of the molecule is O=c1c2ccccc2nc(/C=C/c2ccc(-c3cccc([N+](=O)[O-])c3)o2)n1-c1ccccc1. The van der Waals surface area contributed by atoms with Gasteiger partial charge < -0.3 is 4.42 Å². The molecule has 0 aliphatic rings. The van der Waals surface area contributed by atoms with Crippen molar-refractivity contribution in [1.82, 2.24) is 9.55 Å². The summed E-state index contributed by atoms with van der Waals surface area (Å²) in [5.74, 6) is 1.49. The van der Waals surface area contributed by atoms with Crippen LogP contribution in [0.2, 0.25) is 0 Å². The van der Waals surface area contributed by atoms with Crippen LogP contribution in [-0.4, -0.2) is 14.5 Å². The molecule has 0 aliphatic carbocycles. The van der Waals surface area contributed by atoms with E-state index in [0.29, 0.717) is 39.5 Å². The normalized spacial score (nSPS) is 11.3. The van der Waals surface area contributed by atoms with Crippen molar-refractivity contribution in [2.24, 2.45) is 0 Å². The van der Waals surface area contributed by atoms with Gasteiger partial charge in [0.25, 0.3) is 11.2 Å². The fourth-order valence-corrected chi connectivity index (χ4v) is 3.62. The zero-order valence-corrected chi connectivity index (χ0v) is 17.3. The van der Waals surface area contributed by atoms with Crippen molar-refractivity contribution in [1.29, 1.82) is 0 Å². The first kappa shape index (κ1) is 20.1. The molecule has 0 bridgehead atoms. The fraction of sp³-hybridized carbons (Fsp3) is 0. The smallest absolute Gasteiger partial charge is 0.270 e.